The van der Waals surface area contributed by atoms with Crippen LogP contribution in [0, 0.1) is 29.0 Å². The summed E-state index contributed by atoms with van der Waals surface area (Å²) in [5.41, 5.74) is 2.88. The molecule has 0 bridgehead atoms. The summed E-state index contributed by atoms with van der Waals surface area (Å²) in [6.07, 6.45) is 10.2. The van der Waals surface area contributed by atoms with Gasteiger partial charge in [0.15, 0.2) is 0 Å². The van der Waals surface area contributed by atoms with Crippen LogP contribution >= 0.6 is 0 Å². The zero-order valence-corrected chi connectivity index (χ0v) is 21.0. The topological polar surface area (TPSA) is 80.4 Å². The van der Waals surface area contributed by atoms with Crippen LogP contribution in [0.2, 0.25) is 0 Å². The Labute approximate surface area is 215 Å². The van der Waals surface area contributed by atoms with Crippen LogP contribution in [0.5, 0.6) is 5.75 Å². The van der Waals surface area contributed by atoms with Crippen molar-refractivity contribution in [2.45, 2.75) is 70.1 Å². The molecule has 7 nitrogen and oxygen atoms in total. The molecule has 0 spiro atoms. The summed E-state index contributed by atoms with van der Waals surface area (Å²) in [5, 5.41) is 10.6. The second-order valence-corrected chi connectivity index (χ2v) is 11.0. The molecule has 2 aliphatic carbocycles. The summed E-state index contributed by atoms with van der Waals surface area (Å²) < 4.78 is 22.4. The molecule has 1 aromatic carbocycles. The number of pyridine rings is 1. The second kappa shape index (κ2) is 9.46. The molecule has 1 atom stereocenters. The first-order valence-corrected chi connectivity index (χ1v) is 13.2. The van der Waals surface area contributed by atoms with Crippen LogP contribution in [0.1, 0.15) is 69.0 Å². The highest BCUT2D eigenvalue weighted by molar-refractivity contribution is 5.79. The van der Waals surface area contributed by atoms with Gasteiger partial charge in [-0.2, -0.15) is 5.26 Å². The molecule has 0 unspecified atom stereocenters. The van der Waals surface area contributed by atoms with Gasteiger partial charge in [-0.15, -0.1) is 0 Å². The van der Waals surface area contributed by atoms with Crippen molar-refractivity contribution in [2.24, 2.45) is 11.8 Å². The monoisotopic (exact) mass is 502 g/mol. The third-order valence-electron chi connectivity index (χ3n) is 8.12. The summed E-state index contributed by atoms with van der Waals surface area (Å²) in [7, 11) is 0. The number of aromatic nitrogens is 2. The maximum Gasteiger partial charge on any atom is 0.249 e. The SMILES string of the molecule is CC1(Oc2cnc3ccn(C[C@H]4CC[C@H](C(=O)N5OCC[C@H]5c5cc(F)cc(C#N)c5)CC4)c3c2)CC1. The van der Waals surface area contributed by atoms with Gasteiger partial charge in [0.05, 0.1) is 41.5 Å². The molecule has 0 radical (unpaired) electrons. The molecule has 3 aromatic rings. The number of nitriles is 1. The standard InChI is InChI=1S/C29H31FN4O3/c1-29(8-9-29)37-24-15-27-25(32-17-24)6-10-33(27)18-19-2-4-21(5-3-19)28(35)34-26(7-11-36-34)22-12-20(16-31)13-23(30)14-22/h6,10,12-15,17,19,21,26H,2-5,7-9,11,18H2,1H3/t19-,21-,26-/m0/s1. The van der Waals surface area contributed by atoms with E-state index in [1.165, 1.54) is 17.2 Å². The zero-order valence-electron chi connectivity index (χ0n) is 21.0. The summed E-state index contributed by atoms with van der Waals surface area (Å²) in [4.78, 5) is 23.7. The number of carbonyl (C=O) groups excluding carboxylic acids is 1. The van der Waals surface area contributed by atoms with Gasteiger partial charge in [0.25, 0.3) is 0 Å². The third kappa shape index (κ3) is 4.93. The number of halogens is 1. The summed E-state index contributed by atoms with van der Waals surface area (Å²) in [5.74, 6) is 0.684. The van der Waals surface area contributed by atoms with Crippen LogP contribution in [-0.2, 0) is 16.2 Å². The number of ether oxygens (including phenoxy) is 1. The highest BCUT2D eigenvalue weighted by Gasteiger charge is 2.40. The van der Waals surface area contributed by atoms with E-state index in [-0.39, 0.29) is 29.0 Å². The van der Waals surface area contributed by atoms with E-state index in [0.29, 0.717) is 24.5 Å². The van der Waals surface area contributed by atoms with Crippen molar-refractivity contribution in [3.8, 4) is 11.8 Å². The zero-order chi connectivity index (χ0) is 25.6. The van der Waals surface area contributed by atoms with Gasteiger partial charge in [-0.3, -0.25) is 14.6 Å². The van der Waals surface area contributed by atoms with Crippen LogP contribution in [-0.4, -0.2) is 32.7 Å². The molecule has 1 saturated heterocycles. The lowest BCUT2D eigenvalue weighted by atomic mass is 9.81. The van der Waals surface area contributed by atoms with Crippen LogP contribution in [0.3, 0.4) is 0 Å². The molecular formula is C29H31FN4O3. The van der Waals surface area contributed by atoms with E-state index in [2.05, 4.69) is 28.7 Å². The van der Waals surface area contributed by atoms with Crippen molar-refractivity contribution in [2.75, 3.05) is 6.61 Å². The van der Waals surface area contributed by atoms with Crippen molar-refractivity contribution in [3.63, 3.8) is 0 Å². The lowest BCUT2D eigenvalue weighted by molar-refractivity contribution is -0.183. The largest absolute Gasteiger partial charge is 0.486 e. The molecule has 3 aliphatic rings. The molecular weight excluding hydrogens is 471 g/mol. The van der Waals surface area contributed by atoms with Gasteiger partial charge in [0, 0.05) is 31.1 Å². The fourth-order valence-electron chi connectivity index (χ4n) is 5.73. The number of benzene rings is 1. The predicted octanol–water partition coefficient (Wildman–Crippen LogP) is 5.69. The van der Waals surface area contributed by atoms with Gasteiger partial charge in [0.2, 0.25) is 5.91 Å². The van der Waals surface area contributed by atoms with Crippen molar-refractivity contribution < 1.29 is 18.8 Å². The minimum absolute atomic E-state index is 0.0327. The molecule has 3 heterocycles. The van der Waals surface area contributed by atoms with Gasteiger partial charge in [0.1, 0.15) is 17.2 Å². The van der Waals surface area contributed by atoms with Gasteiger partial charge in [-0.25, -0.2) is 9.45 Å². The van der Waals surface area contributed by atoms with E-state index < -0.39 is 5.82 Å². The van der Waals surface area contributed by atoms with Crippen molar-refractivity contribution in [1.82, 2.24) is 14.6 Å². The number of hydroxylamine groups is 2. The Morgan fingerprint density at radius 2 is 2.03 bits per heavy atom. The summed E-state index contributed by atoms with van der Waals surface area (Å²) in [6.45, 7) is 3.42. The Kier molecular flexibility index (Phi) is 6.12. The minimum Gasteiger partial charge on any atom is -0.486 e. The average molecular weight is 503 g/mol. The predicted molar refractivity (Wildman–Crippen MR) is 135 cm³/mol. The number of carbonyl (C=O) groups is 1. The maximum atomic E-state index is 14.0. The van der Waals surface area contributed by atoms with Gasteiger partial charge in [-0.05, 0) is 81.2 Å². The van der Waals surface area contributed by atoms with E-state index in [9.17, 15) is 14.4 Å². The molecule has 6 rings (SSSR count). The Hall–Kier alpha value is -3.44. The lowest BCUT2D eigenvalue weighted by Crippen LogP contribution is -2.37. The van der Waals surface area contributed by atoms with Crippen molar-refractivity contribution in [3.05, 3.63) is 59.7 Å². The van der Waals surface area contributed by atoms with Crippen LogP contribution in [0.25, 0.3) is 11.0 Å². The first-order chi connectivity index (χ1) is 17.9. The minimum atomic E-state index is -0.470. The van der Waals surface area contributed by atoms with Crippen molar-refractivity contribution >= 4 is 16.9 Å². The van der Waals surface area contributed by atoms with E-state index in [4.69, 9.17) is 9.57 Å². The summed E-state index contributed by atoms with van der Waals surface area (Å²) in [6, 6.07) is 10.0. The maximum absolute atomic E-state index is 14.0. The van der Waals surface area contributed by atoms with Crippen LogP contribution in [0.4, 0.5) is 4.39 Å². The smallest absolute Gasteiger partial charge is 0.249 e. The van der Waals surface area contributed by atoms with E-state index in [1.54, 1.807) is 6.07 Å². The lowest BCUT2D eigenvalue weighted by Gasteiger charge is -2.32. The quantitative estimate of drug-likeness (QED) is 0.433. The summed E-state index contributed by atoms with van der Waals surface area (Å²) >= 11 is 0. The normalized spacial score (nSPS) is 24.7. The molecule has 1 amide bonds. The number of nitrogens with zero attached hydrogens (tertiary/aromatic N) is 4. The fraction of sp³-hybridized carbons (Fsp3) is 0.483. The van der Waals surface area contributed by atoms with Gasteiger partial charge < -0.3 is 9.30 Å². The average Bonchev–Trinajstić information content (AvgIpc) is 3.28. The number of hydrogen-bond donors (Lipinski definition) is 0. The van der Waals surface area contributed by atoms with Crippen molar-refractivity contribution in [1.29, 1.82) is 5.26 Å². The first kappa shape index (κ1) is 23.9. The Morgan fingerprint density at radius 3 is 2.78 bits per heavy atom. The van der Waals surface area contributed by atoms with Gasteiger partial charge >= 0.3 is 0 Å². The number of hydrogen-bond acceptors (Lipinski definition) is 5. The molecule has 8 heteroatoms. The first-order valence-electron chi connectivity index (χ1n) is 13.2. The Morgan fingerprint density at radius 1 is 1.22 bits per heavy atom. The fourth-order valence-corrected chi connectivity index (χ4v) is 5.73. The molecule has 2 aromatic heterocycles. The van der Waals surface area contributed by atoms with Crippen LogP contribution in [0.15, 0.2) is 42.7 Å². The molecule has 1 aliphatic heterocycles. The Bertz CT molecular complexity index is 1370. The van der Waals surface area contributed by atoms with E-state index in [1.807, 2.05) is 18.3 Å². The second-order valence-electron chi connectivity index (χ2n) is 11.0. The molecule has 3 fully saturated rings. The molecule has 2 saturated carbocycles. The van der Waals surface area contributed by atoms with E-state index >= 15 is 0 Å². The molecule has 192 valence electrons. The highest BCUT2D eigenvalue weighted by Crippen LogP contribution is 2.40. The van der Waals surface area contributed by atoms with Gasteiger partial charge in [-0.1, -0.05) is 0 Å². The molecule has 37 heavy (non-hydrogen) atoms. The Balaban J connectivity index is 1.09. The number of rotatable bonds is 6. The highest BCUT2D eigenvalue weighted by atomic mass is 19.1. The van der Waals surface area contributed by atoms with E-state index in [0.717, 1.165) is 61.9 Å². The number of amides is 1. The van der Waals surface area contributed by atoms with Crippen LogP contribution < -0.4 is 4.74 Å². The number of fused-ring (bicyclic) bond motifs is 1. The third-order valence-corrected chi connectivity index (χ3v) is 8.12. The molecule has 0 N–H and O–H groups in total.